The van der Waals surface area contributed by atoms with E-state index < -0.39 is 0 Å². The molecule has 2 aromatic heterocycles. The summed E-state index contributed by atoms with van der Waals surface area (Å²) in [6.07, 6.45) is 3.50. The molecule has 1 N–H and O–H groups in total. The Morgan fingerprint density at radius 3 is 2.83 bits per heavy atom. The minimum absolute atomic E-state index is 0.0440. The molecule has 8 nitrogen and oxygen atoms in total. The Balaban J connectivity index is 1.73. The number of nitrogens with zero attached hydrogens (tertiary/aromatic N) is 6. The topological polar surface area (TPSA) is 88.8 Å². The molecule has 1 aliphatic rings. The van der Waals surface area contributed by atoms with Gasteiger partial charge in [0, 0.05) is 30.5 Å². The second kappa shape index (κ2) is 5.88. The van der Waals surface area contributed by atoms with E-state index in [2.05, 4.69) is 24.9 Å². The SMILES string of the molecule is Cn1cnnc1C1CCCN1C(=O)Nc1nc(C(C)(C)C)ns1. The van der Waals surface area contributed by atoms with Gasteiger partial charge >= 0.3 is 6.03 Å². The highest BCUT2D eigenvalue weighted by molar-refractivity contribution is 7.09. The van der Waals surface area contributed by atoms with E-state index in [-0.39, 0.29) is 17.5 Å². The molecule has 0 bridgehead atoms. The van der Waals surface area contributed by atoms with Crippen molar-refractivity contribution >= 4 is 22.7 Å². The summed E-state index contributed by atoms with van der Waals surface area (Å²) in [6.45, 7) is 6.84. The fourth-order valence-electron chi connectivity index (χ4n) is 2.61. The number of anilines is 1. The number of carbonyl (C=O) groups excluding carboxylic acids is 1. The summed E-state index contributed by atoms with van der Waals surface area (Å²) in [4.78, 5) is 18.8. The van der Waals surface area contributed by atoms with Gasteiger partial charge in [0.25, 0.3) is 0 Å². The van der Waals surface area contributed by atoms with Gasteiger partial charge in [-0.15, -0.1) is 10.2 Å². The Bertz CT molecular complexity index is 702. The van der Waals surface area contributed by atoms with Gasteiger partial charge in [-0.3, -0.25) is 5.32 Å². The van der Waals surface area contributed by atoms with E-state index in [1.54, 1.807) is 11.2 Å². The average Bonchev–Trinajstić information content (AvgIpc) is 3.16. The molecular formula is C14H21N7OS. The van der Waals surface area contributed by atoms with Crippen molar-refractivity contribution in [3.8, 4) is 0 Å². The maximum Gasteiger partial charge on any atom is 0.324 e. The molecule has 9 heteroatoms. The summed E-state index contributed by atoms with van der Waals surface area (Å²) in [5, 5.41) is 11.4. The zero-order chi connectivity index (χ0) is 16.6. The molecule has 1 atom stereocenters. The van der Waals surface area contributed by atoms with Crippen LogP contribution in [0.2, 0.25) is 0 Å². The summed E-state index contributed by atoms with van der Waals surface area (Å²) < 4.78 is 6.18. The predicted octanol–water partition coefficient (Wildman–Crippen LogP) is 2.33. The molecule has 3 heterocycles. The lowest BCUT2D eigenvalue weighted by atomic mass is 9.96. The molecule has 0 radical (unpaired) electrons. The van der Waals surface area contributed by atoms with Crippen LogP contribution in [0, 0.1) is 0 Å². The second-order valence-corrected chi connectivity index (χ2v) is 7.51. The Labute approximate surface area is 139 Å². The molecule has 124 valence electrons. The highest BCUT2D eigenvalue weighted by atomic mass is 32.1. The Hall–Kier alpha value is -2.03. The van der Waals surface area contributed by atoms with Crippen LogP contribution in [-0.2, 0) is 12.5 Å². The number of hydrogen-bond acceptors (Lipinski definition) is 6. The van der Waals surface area contributed by atoms with Crippen molar-refractivity contribution in [1.82, 2.24) is 29.0 Å². The number of carbonyl (C=O) groups is 1. The molecule has 0 aromatic carbocycles. The highest BCUT2D eigenvalue weighted by Gasteiger charge is 2.33. The van der Waals surface area contributed by atoms with E-state index in [1.165, 1.54) is 11.5 Å². The van der Waals surface area contributed by atoms with Gasteiger partial charge in [-0.1, -0.05) is 20.8 Å². The summed E-state index contributed by atoms with van der Waals surface area (Å²) in [7, 11) is 1.89. The summed E-state index contributed by atoms with van der Waals surface area (Å²) in [5.74, 6) is 1.55. The predicted molar refractivity (Wildman–Crippen MR) is 87.3 cm³/mol. The Morgan fingerprint density at radius 2 is 2.22 bits per heavy atom. The van der Waals surface area contributed by atoms with Gasteiger partial charge < -0.3 is 9.47 Å². The first-order valence-electron chi connectivity index (χ1n) is 7.62. The highest BCUT2D eigenvalue weighted by Crippen LogP contribution is 2.31. The second-order valence-electron chi connectivity index (χ2n) is 6.75. The third-order valence-corrected chi connectivity index (χ3v) is 4.50. The molecular weight excluding hydrogens is 314 g/mol. The van der Waals surface area contributed by atoms with Crippen molar-refractivity contribution in [3.05, 3.63) is 18.0 Å². The van der Waals surface area contributed by atoms with Crippen molar-refractivity contribution in [2.45, 2.75) is 45.1 Å². The van der Waals surface area contributed by atoms with Gasteiger partial charge in [0.2, 0.25) is 5.13 Å². The van der Waals surface area contributed by atoms with Crippen LogP contribution in [0.5, 0.6) is 0 Å². The minimum atomic E-state index is -0.160. The number of nitrogens with one attached hydrogen (secondary N) is 1. The summed E-state index contributed by atoms with van der Waals surface area (Å²) in [5.41, 5.74) is -0.131. The van der Waals surface area contributed by atoms with E-state index in [0.29, 0.717) is 11.7 Å². The lowest BCUT2D eigenvalue weighted by Crippen LogP contribution is -2.35. The standard InChI is InChI=1S/C14H21N7OS/c1-14(2,3)11-16-12(23-19-11)17-13(22)21-7-5-6-9(21)10-18-15-8-20(10)4/h8-9H,5-7H2,1-4H3,(H,16,17,19,22). The van der Waals surface area contributed by atoms with Crippen LogP contribution >= 0.6 is 11.5 Å². The fourth-order valence-corrected chi connectivity index (χ4v) is 3.36. The van der Waals surface area contributed by atoms with E-state index in [9.17, 15) is 4.79 Å². The summed E-state index contributed by atoms with van der Waals surface area (Å²) >= 11 is 1.21. The molecule has 23 heavy (non-hydrogen) atoms. The van der Waals surface area contributed by atoms with Crippen molar-refractivity contribution in [3.63, 3.8) is 0 Å². The molecule has 1 unspecified atom stereocenters. The summed E-state index contributed by atoms with van der Waals surface area (Å²) in [6, 6.07) is -0.204. The molecule has 1 fully saturated rings. The van der Waals surface area contributed by atoms with Crippen molar-refractivity contribution in [1.29, 1.82) is 0 Å². The molecule has 0 aliphatic carbocycles. The monoisotopic (exact) mass is 335 g/mol. The first-order chi connectivity index (χ1) is 10.9. The van der Waals surface area contributed by atoms with Gasteiger partial charge in [0.15, 0.2) is 5.82 Å². The van der Waals surface area contributed by atoms with Crippen LogP contribution in [0.25, 0.3) is 0 Å². The normalized spacial score (nSPS) is 18.4. The van der Waals surface area contributed by atoms with Crippen molar-refractivity contribution in [2.24, 2.45) is 7.05 Å². The molecule has 0 saturated carbocycles. The number of rotatable bonds is 2. The van der Waals surface area contributed by atoms with Gasteiger partial charge in [0.1, 0.15) is 12.2 Å². The van der Waals surface area contributed by atoms with Crippen LogP contribution in [0.1, 0.15) is 51.3 Å². The number of likely N-dealkylation sites (tertiary alicyclic amines) is 1. The molecule has 0 spiro atoms. The van der Waals surface area contributed by atoms with Crippen molar-refractivity contribution < 1.29 is 4.79 Å². The maximum atomic E-state index is 12.6. The third kappa shape index (κ3) is 3.19. The first-order valence-corrected chi connectivity index (χ1v) is 8.39. The Kier molecular flexibility index (Phi) is 4.05. The van der Waals surface area contributed by atoms with E-state index >= 15 is 0 Å². The zero-order valence-corrected chi connectivity index (χ0v) is 14.6. The van der Waals surface area contributed by atoms with E-state index in [1.807, 2.05) is 32.4 Å². The molecule has 2 amide bonds. The molecule has 3 rings (SSSR count). The van der Waals surface area contributed by atoms with Crippen LogP contribution in [-0.4, -0.2) is 41.6 Å². The number of amides is 2. The number of hydrogen-bond donors (Lipinski definition) is 1. The van der Waals surface area contributed by atoms with Gasteiger partial charge in [-0.2, -0.15) is 4.37 Å². The minimum Gasteiger partial charge on any atom is -0.319 e. The lowest BCUT2D eigenvalue weighted by Gasteiger charge is -2.23. The molecule has 1 saturated heterocycles. The Morgan fingerprint density at radius 1 is 1.43 bits per heavy atom. The van der Waals surface area contributed by atoms with Gasteiger partial charge in [-0.25, -0.2) is 9.78 Å². The smallest absolute Gasteiger partial charge is 0.319 e. The average molecular weight is 335 g/mol. The quantitative estimate of drug-likeness (QED) is 0.910. The first kappa shape index (κ1) is 15.9. The van der Waals surface area contributed by atoms with E-state index in [4.69, 9.17) is 0 Å². The van der Waals surface area contributed by atoms with E-state index in [0.717, 1.165) is 24.5 Å². The number of urea groups is 1. The fraction of sp³-hybridized carbons (Fsp3) is 0.643. The van der Waals surface area contributed by atoms with Gasteiger partial charge in [-0.05, 0) is 12.8 Å². The number of aromatic nitrogens is 5. The molecule has 2 aromatic rings. The van der Waals surface area contributed by atoms with Gasteiger partial charge in [0.05, 0.1) is 6.04 Å². The number of aryl methyl sites for hydroxylation is 1. The van der Waals surface area contributed by atoms with Crippen LogP contribution in [0.15, 0.2) is 6.33 Å². The van der Waals surface area contributed by atoms with Crippen LogP contribution in [0.4, 0.5) is 9.93 Å². The molecule has 1 aliphatic heterocycles. The van der Waals surface area contributed by atoms with Crippen molar-refractivity contribution in [2.75, 3.05) is 11.9 Å². The largest absolute Gasteiger partial charge is 0.324 e. The zero-order valence-electron chi connectivity index (χ0n) is 13.8. The lowest BCUT2D eigenvalue weighted by molar-refractivity contribution is 0.204. The van der Waals surface area contributed by atoms with Crippen LogP contribution in [0.3, 0.4) is 0 Å². The third-order valence-electron chi connectivity index (χ3n) is 3.87. The maximum absolute atomic E-state index is 12.6. The van der Waals surface area contributed by atoms with Crippen LogP contribution < -0.4 is 5.32 Å².